The molecule has 0 bridgehead atoms. The fourth-order valence-corrected chi connectivity index (χ4v) is 3.41. The van der Waals surface area contributed by atoms with E-state index in [2.05, 4.69) is 4.90 Å². The lowest BCUT2D eigenvalue weighted by atomic mass is 10.1. The molecule has 0 unspecified atom stereocenters. The Bertz CT molecular complexity index is 526. The van der Waals surface area contributed by atoms with Crippen LogP contribution in [0.4, 0.5) is 4.39 Å². The second kappa shape index (κ2) is 7.88. The van der Waals surface area contributed by atoms with Gasteiger partial charge in [-0.15, -0.1) is 0 Å². The van der Waals surface area contributed by atoms with Gasteiger partial charge in [0.2, 0.25) is 5.91 Å². The van der Waals surface area contributed by atoms with E-state index in [0.29, 0.717) is 13.1 Å². The van der Waals surface area contributed by atoms with Crippen molar-refractivity contribution in [2.24, 2.45) is 0 Å². The average Bonchev–Trinajstić information content (AvgIpc) is 3.20. The summed E-state index contributed by atoms with van der Waals surface area (Å²) in [5.41, 5.74) is 0.900. The van der Waals surface area contributed by atoms with E-state index in [1.54, 1.807) is 12.1 Å². The third-order valence-electron chi connectivity index (χ3n) is 4.60. The Balaban J connectivity index is 1.63. The molecule has 5 heteroatoms. The van der Waals surface area contributed by atoms with Gasteiger partial charge in [-0.25, -0.2) is 4.39 Å². The van der Waals surface area contributed by atoms with E-state index in [-0.39, 0.29) is 17.8 Å². The largest absolute Gasteiger partial charge is 0.377 e. The number of halogens is 1. The van der Waals surface area contributed by atoms with E-state index in [9.17, 15) is 9.18 Å². The topological polar surface area (TPSA) is 32.8 Å². The van der Waals surface area contributed by atoms with Gasteiger partial charge in [-0.2, -0.15) is 0 Å². The molecule has 2 heterocycles. The summed E-state index contributed by atoms with van der Waals surface area (Å²) in [7, 11) is 0. The number of hydrogen-bond donors (Lipinski definition) is 0. The number of rotatable bonds is 6. The molecule has 0 radical (unpaired) electrons. The van der Waals surface area contributed by atoms with Crippen LogP contribution in [0.5, 0.6) is 0 Å². The number of hydrogen-bond acceptors (Lipinski definition) is 3. The highest BCUT2D eigenvalue weighted by molar-refractivity contribution is 5.78. The first kappa shape index (κ1) is 16.4. The highest BCUT2D eigenvalue weighted by Crippen LogP contribution is 2.16. The molecule has 23 heavy (non-hydrogen) atoms. The Morgan fingerprint density at radius 1 is 1.30 bits per heavy atom. The molecular formula is C18H25FN2O2. The number of benzene rings is 1. The molecule has 0 aliphatic carbocycles. The van der Waals surface area contributed by atoms with Crippen LogP contribution in [0.1, 0.15) is 31.2 Å². The van der Waals surface area contributed by atoms with Gasteiger partial charge in [-0.1, -0.05) is 12.1 Å². The molecule has 4 nitrogen and oxygen atoms in total. The van der Waals surface area contributed by atoms with Gasteiger partial charge in [0.05, 0.1) is 12.6 Å². The van der Waals surface area contributed by atoms with E-state index in [0.717, 1.165) is 57.5 Å². The van der Waals surface area contributed by atoms with Crippen molar-refractivity contribution >= 4 is 5.91 Å². The molecule has 0 saturated carbocycles. The maximum Gasteiger partial charge on any atom is 0.236 e. The van der Waals surface area contributed by atoms with Crippen LogP contribution in [-0.4, -0.2) is 54.6 Å². The predicted molar refractivity (Wildman–Crippen MR) is 86.5 cm³/mol. The Kier molecular flexibility index (Phi) is 5.62. The van der Waals surface area contributed by atoms with Gasteiger partial charge in [0, 0.05) is 32.8 Å². The zero-order valence-electron chi connectivity index (χ0n) is 13.5. The van der Waals surface area contributed by atoms with Gasteiger partial charge in [-0.05, 0) is 43.4 Å². The monoisotopic (exact) mass is 320 g/mol. The van der Waals surface area contributed by atoms with Crippen LogP contribution in [0, 0.1) is 5.82 Å². The minimum absolute atomic E-state index is 0.178. The summed E-state index contributed by atoms with van der Waals surface area (Å²) in [6, 6.07) is 6.62. The lowest BCUT2D eigenvalue weighted by molar-refractivity contribution is -0.131. The quantitative estimate of drug-likeness (QED) is 0.807. The zero-order valence-corrected chi connectivity index (χ0v) is 13.5. The fraction of sp³-hybridized carbons (Fsp3) is 0.611. The summed E-state index contributed by atoms with van der Waals surface area (Å²) >= 11 is 0. The van der Waals surface area contributed by atoms with Crippen molar-refractivity contribution < 1.29 is 13.9 Å². The highest BCUT2D eigenvalue weighted by atomic mass is 19.1. The highest BCUT2D eigenvalue weighted by Gasteiger charge is 2.24. The van der Waals surface area contributed by atoms with Crippen molar-refractivity contribution in [2.75, 3.05) is 32.8 Å². The van der Waals surface area contributed by atoms with Crippen LogP contribution >= 0.6 is 0 Å². The van der Waals surface area contributed by atoms with Gasteiger partial charge < -0.3 is 9.64 Å². The van der Waals surface area contributed by atoms with Crippen molar-refractivity contribution in [1.82, 2.24) is 9.80 Å². The molecule has 1 aromatic rings. The predicted octanol–water partition coefficient (Wildman–Crippen LogP) is 2.43. The Morgan fingerprint density at radius 2 is 2.13 bits per heavy atom. The Morgan fingerprint density at radius 3 is 2.83 bits per heavy atom. The van der Waals surface area contributed by atoms with Crippen molar-refractivity contribution in [1.29, 1.82) is 0 Å². The molecule has 0 aromatic heterocycles. The Hall–Kier alpha value is -1.46. The SMILES string of the molecule is O=C(CN(Cc1cccc(F)c1)C[C@H]1CCCO1)N1CCCC1. The van der Waals surface area contributed by atoms with Crippen molar-refractivity contribution in [2.45, 2.75) is 38.3 Å². The maximum absolute atomic E-state index is 13.4. The first-order chi connectivity index (χ1) is 11.2. The van der Waals surface area contributed by atoms with E-state index in [1.807, 2.05) is 11.0 Å². The van der Waals surface area contributed by atoms with E-state index in [1.165, 1.54) is 6.07 Å². The summed E-state index contributed by atoms with van der Waals surface area (Å²) in [6.07, 6.45) is 4.51. The van der Waals surface area contributed by atoms with Crippen molar-refractivity contribution in [3.8, 4) is 0 Å². The number of likely N-dealkylation sites (tertiary alicyclic amines) is 1. The van der Waals surface area contributed by atoms with Crippen LogP contribution in [0.25, 0.3) is 0 Å². The third kappa shape index (κ3) is 4.75. The molecule has 126 valence electrons. The number of nitrogens with zero attached hydrogens (tertiary/aromatic N) is 2. The first-order valence-corrected chi connectivity index (χ1v) is 8.57. The van der Waals surface area contributed by atoms with Crippen LogP contribution in [0.15, 0.2) is 24.3 Å². The van der Waals surface area contributed by atoms with Gasteiger partial charge in [0.25, 0.3) is 0 Å². The molecule has 1 aromatic carbocycles. The molecule has 2 aliphatic heterocycles. The average molecular weight is 320 g/mol. The summed E-state index contributed by atoms with van der Waals surface area (Å²) < 4.78 is 19.1. The minimum Gasteiger partial charge on any atom is -0.377 e. The molecule has 0 spiro atoms. The lowest BCUT2D eigenvalue weighted by Gasteiger charge is -2.27. The molecular weight excluding hydrogens is 295 g/mol. The van der Waals surface area contributed by atoms with Crippen LogP contribution in [0.2, 0.25) is 0 Å². The van der Waals surface area contributed by atoms with Crippen LogP contribution in [-0.2, 0) is 16.1 Å². The number of carbonyl (C=O) groups is 1. The standard InChI is InChI=1S/C18H25FN2O2/c19-16-6-3-5-15(11-16)12-20(13-17-7-4-10-23-17)14-18(22)21-8-1-2-9-21/h3,5-6,11,17H,1-2,4,7-10,12-14H2/t17-/m1/s1. The van der Waals surface area contributed by atoms with E-state index >= 15 is 0 Å². The third-order valence-corrected chi connectivity index (χ3v) is 4.60. The molecule has 2 fully saturated rings. The van der Waals surface area contributed by atoms with Crippen molar-refractivity contribution in [3.05, 3.63) is 35.6 Å². The minimum atomic E-state index is -0.231. The normalized spacial score (nSPS) is 21.3. The van der Waals surface area contributed by atoms with Crippen LogP contribution in [0.3, 0.4) is 0 Å². The summed E-state index contributed by atoms with van der Waals surface area (Å²) in [4.78, 5) is 16.5. The number of amides is 1. The summed E-state index contributed by atoms with van der Waals surface area (Å²) in [6.45, 7) is 4.24. The molecule has 1 amide bonds. The van der Waals surface area contributed by atoms with Gasteiger partial charge >= 0.3 is 0 Å². The Labute approximate surface area is 137 Å². The summed E-state index contributed by atoms with van der Waals surface area (Å²) in [5, 5.41) is 0. The second-order valence-corrected chi connectivity index (χ2v) is 6.52. The number of carbonyl (C=O) groups excluding carboxylic acids is 1. The molecule has 2 aliphatic rings. The van der Waals surface area contributed by atoms with E-state index in [4.69, 9.17) is 4.74 Å². The molecule has 1 atom stereocenters. The van der Waals surface area contributed by atoms with Crippen molar-refractivity contribution in [3.63, 3.8) is 0 Å². The number of ether oxygens (including phenoxy) is 1. The molecule has 0 N–H and O–H groups in total. The smallest absolute Gasteiger partial charge is 0.236 e. The van der Waals surface area contributed by atoms with Gasteiger partial charge in [0.1, 0.15) is 5.82 Å². The fourth-order valence-electron chi connectivity index (χ4n) is 3.41. The van der Waals surface area contributed by atoms with Gasteiger partial charge in [-0.3, -0.25) is 9.69 Å². The maximum atomic E-state index is 13.4. The molecule has 3 rings (SSSR count). The second-order valence-electron chi connectivity index (χ2n) is 6.52. The van der Waals surface area contributed by atoms with Crippen LogP contribution < -0.4 is 0 Å². The van der Waals surface area contributed by atoms with E-state index < -0.39 is 0 Å². The summed E-state index contributed by atoms with van der Waals surface area (Å²) in [5.74, 6) is -0.0534. The first-order valence-electron chi connectivity index (χ1n) is 8.57. The lowest BCUT2D eigenvalue weighted by Crippen LogP contribution is -2.41. The zero-order chi connectivity index (χ0) is 16.1. The van der Waals surface area contributed by atoms with Gasteiger partial charge in [0.15, 0.2) is 0 Å². The molecule has 2 saturated heterocycles.